The van der Waals surface area contributed by atoms with Crippen LogP contribution in [0.3, 0.4) is 0 Å². The average Bonchev–Trinajstić information content (AvgIpc) is 3.03. The molecule has 2 aromatic rings. The second-order valence-electron chi connectivity index (χ2n) is 5.09. The van der Waals surface area contributed by atoms with Gasteiger partial charge in [0.05, 0.1) is 5.69 Å². The molecular weight excluding hydrogens is 315 g/mol. The minimum atomic E-state index is -0.674. The van der Waals surface area contributed by atoms with Crippen molar-refractivity contribution >= 4 is 11.8 Å². The summed E-state index contributed by atoms with van der Waals surface area (Å²) in [6.07, 6.45) is 0. The van der Waals surface area contributed by atoms with E-state index in [4.69, 9.17) is 4.74 Å². The fraction of sp³-hybridized carbons (Fsp3) is 0.312. The normalized spacial score (nSPS) is 11.6. The van der Waals surface area contributed by atoms with Crippen molar-refractivity contribution in [3.63, 3.8) is 0 Å². The first-order valence-corrected chi connectivity index (χ1v) is 7.51. The lowest BCUT2D eigenvalue weighted by molar-refractivity contribution is -0.122. The van der Waals surface area contributed by atoms with E-state index in [1.165, 1.54) is 18.2 Å². The molecule has 3 N–H and O–H groups in total. The van der Waals surface area contributed by atoms with E-state index in [1.807, 2.05) is 0 Å². The van der Waals surface area contributed by atoms with E-state index < -0.39 is 17.8 Å². The van der Waals surface area contributed by atoms with Gasteiger partial charge in [0.25, 0.3) is 5.91 Å². The summed E-state index contributed by atoms with van der Waals surface area (Å²) >= 11 is 0. The molecule has 2 amide bonds. The van der Waals surface area contributed by atoms with Gasteiger partial charge >= 0.3 is 0 Å². The highest BCUT2D eigenvalue weighted by Crippen LogP contribution is 2.16. The number of halogens is 1. The van der Waals surface area contributed by atoms with Crippen LogP contribution in [0.5, 0.6) is 5.75 Å². The number of rotatable bonds is 7. The lowest BCUT2D eigenvalue weighted by atomic mass is 10.2. The molecule has 0 radical (unpaired) electrons. The van der Waals surface area contributed by atoms with Crippen molar-refractivity contribution in [2.45, 2.75) is 26.5 Å². The Bertz CT molecular complexity index is 717. The van der Waals surface area contributed by atoms with Gasteiger partial charge in [0.2, 0.25) is 5.91 Å². The highest BCUT2D eigenvalue weighted by atomic mass is 19.1. The summed E-state index contributed by atoms with van der Waals surface area (Å²) in [6.45, 7) is 3.89. The van der Waals surface area contributed by atoms with Crippen LogP contribution in [-0.2, 0) is 11.4 Å². The predicted molar refractivity (Wildman–Crippen MR) is 84.9 cm³/mol. The maximum absolute atomic E-state index is 13.5. The molecule has 0 aliphatic carbocycles. The molecule has 0 aliphatic heterocycles. The molecule has 0 unspecified atom stereocenters. The fourth-order valence-electron chi connectivity index (χ4n) is 1.93. The van der Waals surface area contributed by atoms with E-state index in [9.17, 15) is 14.0 Å². The van der Waals surface area contributed by atoms with E-state index in [0.717, 1.165) is 0 Å². The maximum Gasteiger partial charge on any atom is 0.272 e. The fourth-order valence-corrected chi connectivity index (χ4v) is 1.93. The van der Waals surface area contributed by atoms with E-state index in [1.54, 1.807) is 26.0 Å². The summed E-state index contributed by atoms with van der Waals surface area (Å²) in [5.41, 5.74) is 0.632. The zero-order valence-electron chi connectivity index (χ0n) is 13.4. The number of hydrogen-bond acceptors (Lipinski definition) is 4. The van der Waals surface area contributed by atoms with Gasteiger partial charge in [-0.1, -0.05) is 12.1 Å². The third-order valence-corrected chi connectivity index (χ3v) is 3.18. The first-order valence-electron chi connectivity index (χ1n) is 7.51. The Morgan fingerprint density at radius 1 is 1.38 bits per heavy atom. The molecule has 128 valence electrons. The number of ether oxygens (including phenoxy) is 1. The lowest BCUT2D eigenvalue weighted by Gasteiger charge is -2.11. The second kappa shape index (κ2) is 8.09. The van der Waals surface area contributed by atoms with Gasteiger partial charge in [-0.25, -0.2) is 4.39 Å². The van der Waals surface area contributed by atoms with Crippen LogP contribution in [0.1, 0.15) is 30.0 Å². The molecule has 1 atom stereocenters. The summed E-state index contributed by atoms with van der Waals surface area (Å²) in [7, 11) is 0. The summed E-state index contributed by atoms with van der Waals surface area (Å²) in [4.78, 5) is 23.6. The molecule has 0 aliphatic rings. The molecule has 2 rings (SSSR count). The molecule has 0 saturated heterocycles. The van der Waals surface area contributed by atoms with Crippen LogP contribution in [0.2, 0.25) is 0 Å². The van der Waals surface area contributed by atoms with Crippen LogP contribution in [-0.4, -0.2) is 34.6 Å². The van der Waals surface area contributed by atoms with Crippen LogP contribution in [0.15, 0.2) is 30.3 Å². The molecule has 1 aromatic heterocycles. The van der Waals surface area contributed by atoms with Crippen molar-refractivity contribution in [2.75, 3.05) is 6.54 Å². The van der Waals surface area contributed by atoms with E-state index in [2.05, 4.69) is 20.8 Å². The highest BCUT2D eigenvalue weighted by molar-refractivity contribution is 5.95. The number of aromatic nitrogens is 2. The molecule has 8 heteroatoms. The smallest absolute Gasteiger partial charge is 0.272 e. The van der Waals surface area contributed by atoms with Gasteiger partial charge in [0.1, 0.15) is 18.3 Å². The third-order valence-electron chi connectivity index (χ3n) is 3.18. The van der Waals surface area contributed by atoms with Crippen molar-refractivity contribution in [3.8, 4) is 5.75 Å². The number of para-hydroxylation sites is 1. The molecule has 24 heavy (non-hydrogen) atoms. The SMILES string of the molecule is CCNC(=O)[C@@H](C)NC(=O)c1cc(COc2ccccc2F)[nH]n1. The molecule has 1 aromatic carbocycles. The van der Waals surface area contributed by atoms with Crippen LogP contribution in [0, 0.1) is 5.82 Å². The molecule has 0 bridgehead atoms. The zero-order valence-corrected chi connectivity index (χ0v) is 13.4. The first-order chi connectivity index (χ1) is 11.5. The number of benzene rings is 1. The van der Waals surface area contributed by atoms with Gasteiger partial charge in [-0.3, -0.25) is 14.7 Å². The Hall–Kier alpha value is -2.90. The van der Waals surface area contributed by atoms with Gasteiger partial charge in [-0.05, 0) is 32.0 Å². The monoisotopic (exact) mass is 334 g/mol. The van der Waals surface area contributed by atoms with Crippen LogP contribution in [0.25, 0.3) is 0 Å². The summed E-state index contributed by atoms with van der Waals surface area (Å²) in [5, 5.41) is 11.7. The van der Waals surface area contributed by atoms with E-state index in [-0.39, 0.29) is 24.0 Å². The average molecular weight is 334 g/mol. The maximum atomic E-state index is 13.5. The zero-order chi connectivity index (χ0) is 17.5. The van der Waals surface area contributed by atoms with E-state index in [0.29, 0.717) is 12.2 Å². The largest absolute Gasteiger partial charge is 0.484 e. The summed E-state index contributed by atoms with van der Waals surface area (Å²) in [5.74, 6) is -1.11. The minimum absolute atomic E-state index is 0.0348. The van der Waals surface area contributed by atoms with Crippen molar-refractivity contribution in [1.82, 2.24) is 20.8 Å². The molecule has 0 fully saturated rings. The second-order valence-corrected chi connectivity index (χ2v) is 5.09. The van der Waals surface area contributed by atoms with Gasteiger partial charge in [0.15, 0.2) is 11.6 Å². The Morgan fingerprint density at radius 3 is 2.83 bits per heavy atom. The number of carbonyl (C=O) groups excluding carboxylic acids is 2. The Labute approximate surface area is 138 Å². The van der Waals surface area contributed by atoms with E-state index >= 15 is 0 Å². The number of aromatic amines is 1. The molecular formula is C16H19FN4O3. The quantitative estimate of drug-likeness (QED) is 0.713. The van der Waals surface area contributed by atoms with Crippen LogP contribution < -0.4 is 15.4 Å². The number of hydrogen-bond donors (Lipinski definition) is 3. The first kappa shape index (κ1) is 17.5. The number of carbonyl (C=O) groups is 2. The molecule has 0 spiro atoms. The Kier molecular flexibility index (Phi) is 5.89. The summed E-state index contributed by atoms with van der Waals surface area (Å²) in [6, 6.07) is 6.84. The number of nitrogens with zero attached hydrogens (tertiary/aromatic N) is 1. The van der Waals surface area contributed by atoms with Gasteiger partial charge in [-0.2, -0.15) is 5.10 Å². The van der Waals surface area contributed by atoms with Crippen molar-refractivity contribution in [1.29, 1.82) is 0 Å². The molecule has 1 heterocycles. The van der Waals surface area contributed by atoms with Gasteiger partial charge in [-0.15, -0.1) is 0 Å². The van der Waals surface area contributed by atoms with Crippen LogP contribution in [0.4, 0.5) is 4.39 Å². The number of likely N-dealkylation sites (N-methyl/N-ethyl adjacent to an activating group) is 1. The van der Waals surface area contributed by atoms with Crippen molar-refractivity contribution < 1.29 is 18.7 Å². The minimum Gasteiger partial charge on any atom is -0.484 e. The lowest BCUT2D eigenvalue weighted by Crippen LogP contribution is -2.44. The van der Waals surface area contributed by atoms with Crippen LogP contribution >= 0.6 is 0 Å². The summed E-state index contributed by atoms with van der Waals surface area (Å²) < 4.78 is 18.8. The van der Waals surface area contributed by atoms with Crippen molar-refractivity contribution in [3.05, 3.63) is 47.5 Å². The highest BCUT2D eigenvalue weighted by Gasteiger charge is 2.18. The number of H-pyrrole nitrogens is 1. The van der Waals surface area contributed by atoms with Crippen molar-refractivity contribution in [2.24, 2.45) is 0 Å². The molecule has 7 nitrogen and oxygen atoms in total. The third kappa shape index (κ3) is 4.55. The Morgan fingerprint density at radius 2 is 2.12 bits per heavy atom. The predicted octanol–water partition coefficient (Wildman–Crippen LogP) is 1.38. The topological polar surface area (TPSA) is 96.1 Å². The Balaban J connectivity index is 1.91. The van der Waals surface area contributed by atoms with Gasteiger partial charge in [0, 0.05) is 6.54 Å². The standard InChI is InChI=1S/C16H19FN4O3/c1-3-18-15(22)10(2)19-16(23)13-8-11(20-21-13)9-24-14-7-5-4-6-12(14)17/h4-8,10H,3,9H2,1-2H3,(H,18,22)(H,19,23)(H,20,21)/t10-/m1/s1. The van der Waals surface area contributed by atoms with Gasteiger partial charge < -0.3 is 15.4 Å². The number of amides is 2. The molecule has 0 saturated carbocycles. The number of nitrogens with one attached hydrogen (secondary N) is 3.